The molecule has 0 aromatic carbocycles. The Labute approximate surface area is 92.6 Å². The summed E-state index contributed by atoms with van der Waals surface area (Å²) in [5, 5.41) is 2.26. The summed E-state index contributed by atoms with van der Waals surface area (Å²) in [4.78, 5) is 36.1. The van der Waals surface area contributed by atoms with Crippen molar-refractivity contribution in [3.8, 4) is 24.7 Å². The molecule has 0 spiro atoms. The number of nitrogens with one attached hydrogen (secondary N) is 1. The fourth-order valence-corrected chi connectivity index (χ4v) is 1.16. The summed E-state index contributed by atoms with van der Waals surface area (Å²) in [7, 11) is 0. The largest absolute Gasteiger partial charge is 0.336 e. The molecular weight excluding hydrogens is 210 g/mol. The summed E-state index contributed by atoms with van der Waals surface area (Å²) in [6, 6.07) is -1.49. The average molecular weight is 219 g/mol. The molecular formula is C10H9N3O3. The zero-order valence-corrected chi connectivity index (χ0v) is 8.40. The minimum atomic E-state index is -0.795. The number of nitrogens with zero attached hydrogens (tertiary/aromatic N) is 2. The smallest absolute Gasteiger partial charge is 0.328 e. The van der Waals surface area contributed by atoms with Crippen molar-refractivity contribution in [2.75, 3.05) is 19.6 Å². The van der Waals surface area contributed by atoms with Gasteiger partial charge in [-0.15, -0.1) is 12.8 Å². The number of hydrogen-bond acceptors (Lipinski definition) is 3. The van der Waals surface area contributed by atoms with Crippen molar-refractivity contribution in [3.05, 3.63) is 0 Å². The fraction of sp³-hybridized carbons (Fsp3) is 0.300. The van der Waals surface area contributed by atoms with Gasteiger partial charge in [0.05, 0.1) is 19.6 Å². The van der Waals surface area contributed by atoms with E-state index in [-0.39, 0.29) is 19.6 Å². The SMILES string of the molecule is C#CCN1C(=O)CNC(=O)N(CC#C)C1=O. The summed E-state index contributed by atoms with van der Waals surface area (Å²) in [5.74, 6) is 3.77. The predicted molar refractivity (Wildman–Crippen MR) is 54.9 cm³/mol. The van der Waals surface area contributed by atoms with Gasteiger partial charge in [0.1, 0.15) is 0 Å². The molecule has 1 saturated heterocycles. The Hall–Kier alpha value is -2.47. The normalized spacial score (nSPS) is 16.2. The van der Waals surface area contributed by atoms with Crippen LogP contribution in [0.1, 0.15) is 0 Å². The van der Waals surface area contributed by atoms with Crippen LogP contribution < -0.4 is 5.32 Å². The summed E-state index contributed by atoms with van der Waals surface area (Å²) >= 11 is 0. The molecule has 1 aliphatic heterocycles. The highest BCUT2D eigenvalue weighted by molar-refractivity contribution is 6.06. The molecule has 0 saturated carbocycles. The third-order valence-corrected chi connectivity index (χ3v) is 1.90. The van der Waals surface area contributed by atoms with Crippen LogP contribution in [0, 0.1) is 24.7 Å². The van der Waals surface area contributed by atoms with Crippen LogP contribution in [-0.2, 0) is 4.79 Å². The van der Waals surface area contributed by atoms with E-state index in [2.05, 4.69) is 17.2 Å². The molecule has 0 unspecified atom stereocenters. The molecule has 5 amide bonds. The summed E-state index contributed by atoms with van der Waals surface area (Å²) < 4.78 is 0. The molecule has 0 radical (unpaired) electrons. The van der Waals surface area contributed by atoms with Gasteiger partial charge in [-0.3, -0.25) is 9.69 Å². The van der Waals surface area contributed by atoms with Crippen LogP contribution in [0.15, 0.2) is 0 Å². The molecule has 6 nitrogen and oxygen atoms in total. The van der Waals surface area contributed by atoms with Gasteiger partial charge in [-0.05, 0) is 0 Å². The van der Waals surface area contributed by atoms with Gasteiger partial charge in [0.25, 0.3) is 5.91 Å². The first-order valence-electron chi connectivity index (χ1n) is 4.38. The van der Waals surface area contributed by atoms with Crippen LogP contribution >= 0.6 is 0 Å². The lowest BCUT2D eigenvalue weighted by atomic mass is 10.4. The summed E-state index contributed by atoms with van der Waals surface area (Å²) in [6.07, 6.45) is 10.0. The summed E-state index contributed by atoms with van der Waals surface area (Å²) in [6.45, 7) is -0.667. The lowest BCUT2D eigenvalue weighted by molar-refractivity contribution is -0.126. The van der Waals surface area contributed by atoms with Crippen molar-refractivity contribution in [1.82, 2.24) is 15.1 Å². The van der Waals surface area contributed by atoms with E-state index in [0.29, 0.717) is 0 Å². The zero-order chi connectivity index (χ0) is 12.1. The maximum atomic E-state index is 11.7. The monoisotopic (exact) mass is 219 g/mol. The number of carbonyl (C=O) groups is 3. The van der Waals surface area contributed by atoms with Gasteiger partial charge in [0.15, 0.2) is 0 Å². The second-order valence-corrected chi connectivity index (χ2v) is 2.92. The van der Waals surface area contributed by atoms with Crippen molar-refractivity contribution in [3.63, 3.8) is 0 Å². The van der Waals surface area contributed by atoms with E-state index in [1.165, 1.54) is 0 Å². The third kappa shape index (κ3) is 2.12. The molecule has 1 heterocycles. The maximum absolute atomic E-state index is 11.7. The van der Waals surface area contributed by atoms with Crippen molar-refractivity contribution in [2.45, 2.75) is 0 Å². The molecule has 82 valence electrons. The van der Waals surface area contributed by atoms with Gasteiger partial charge in [-0.25, -0.2) is 14.5 Å². The van der Waals surface area contributed by atoms with Crippen LogP contribution in [0.4, 0.5) is 9.59 Å². The van der Waals surface area contributed by atoms with Gasteiger partial charge >= 0.3 is 12.1 Å². The van der Waals surface area contributed by atoms with Gasteiger partial charge < -0.3 is 5.32 Å². The standard InChI is InChI=1S/C10H9N3O3/c1-3-5-12-8(14)7-11-9(15)13(6-4-2)10(12)16/h1-2H,5-7H2,(H,11,15). The lowest BCUT2D eigenvalue weighted by Crippen LogP contribution is -2.46. The van der Waals surface area contributed by atoms with Crippen LogP contribution in [0.2, 0.25) is 0 Å². The van der Waals surface area contributed by atoms with Crippen molar-refractivity contribution < 1.29 is 14.4 Å². The molecule has 0 atom stereocenters. The van der Waals surface area contributed by atoms with Crippen LogP contribution in [-0.4, -0.2) is 47.4 Å². The Kier molecular flexibility index (Phi) is 3.52. The molecule has 16 heavy (non-hydrogen) atoms. The van der Waals surface area contributed by atoms with E-state index in [0.717, 1.165) is 9.80 Å². The molecule has 1 aliphatic rings. The molecule has 1 fully saturated rings. The minimum absolute atomic E-state index is 0.187. The van der Waals surface area contributed by atoms with Gasteiger partial charge in [-0.2, -0.15) is 0 Å². The second-order valence-electron chi connectivity index (χ2n) is 2.92. The van der Waals surface area contributed by atoms with E-state index in [9.17, 15) is 14.4 Å². The maximum Gasteiger partial charge on any atom is 0.336 e. The van der Waals surface area contributed by atoms with Crippen molar-refractivity contribution in [1.29, 1.82) is 0 Å². The molecule has 1 rings (SSSR count). The minimum Gasteiger partial charge on any atom is -0.328 e. The first-order chi connectivity index (χ1) is 7.61. The Morgan fingerprint density at radius 3 is 2.25 bits per heavy atom. The second kappa shape index (κ2) is 4.85. The van der Waals surface area contributed by atoms with E-state index in [1.807, 2.05) is 0 Å². The van der Waals surface area contributed by atoms with E-state index in [4.69, 9.17) is 12.8 Å². The van der Waals surface area contributed by atoms with Crippen LogP contribution in [0.25, 0.3) is 0 Å². The molecule has 0 aliphatic carbocycles. The number of imide groups is 2. The van der Waals surface area contributed by atoms with Crippen molar-refractivity contribution >= 4 is 18.0 Å². The van der Waals surface area contributed by atoms with Gasteiger partial charge in [-0.1, -0.05) is 11.8 Å². The molecule has 0 bridgehead atoms. The molecule has 0 aromatic rings. The Morgan fingerprint density at radius 1 is 1.12 bits per heavy atom. The Balaban J connectivity index is 2.99. The van der Waals surface area contributed by atoms with E-state index in [1.54, 1.807) is 0 Å². The van der Waals surface area contributed by atoms with Gasteiger partial charge in [0, 0.05) is 0 Å². The van der Waals surface area contributed by atoms with E-state index < -0.39 is 18.0 Å². The molecule has 1 N–H and O–H groups in total. The predicted octanol–water partition coefficient (Wildman–Crippen LogP) is -0.773. The van der Waals surface area contributed by atoms with Gasteiger partial charge in [0.2, 0.25) is 0 Å². The Morgan fingerprint density at radius 2 is 1.69 bits per heavy atom. The lowest BCUT2D eigenvalue weighted by Gasteiger charge is -2.20. The fourth-order valence-electron chi connectivity index (χ4n) is 1.16. The number of hydrogen-bond donors (Lipinski definition) is 1. The molecule has 6 heteroatoms. The average Bonchev–Trinajstić information content (AvgIpc) is 2.36. The van der Waals surface area contributed by atoms with E-state index >= 15 is 0 Å². The molecule has 0 aromatic heterocycles. The third-order valence-electron chi connectivity index (χ3n) is 1.90. The number of carbonyl (C=O) groups excluding carboxylic acids is 3. The first kappa shape index (κ1) is 11.6. The summed E-state index contributed by atoms with van der Waals surface area (Å²) in [5.41, 5.74) is 0. The number of terminal acetylenes is 2. The Bertz CT molecular complexity index is 378. The highest BCUT2D eigenvalue weighted by Gasteiger charge is 2.33. The highest BCUT2D eigenvalue weighted by atomic mass is 16.2. The first-order valence-corrected chi connectivity index (χ1v) is 4.38. The zero-order valence-electron chi connectivity index (χ0n) is 8.40. The van der Waals surface area contributed by atoms with Crippen LogP contribution in [0.3, 0.4) is 0 Å². The number of urea groups is 2. The highest BCUT2D eigenvalue weighted by Crippen LogP contribution is 2.04. The van der Waals surface area contributed by atoms with Crippen LogP contribution in [0.5, 0.6) is 0 Å². The topological polar surface area (TPSA) is 69.7 Å². The number of amides is 5. The van der Waals surface area contributed by atoms with Crippen molar-refractivity contribution in [2.24, 2.45) is 0 Å². The number of rotatable bonds is 2. The quantitative estimate of drug-likeness (QED) is 0.620.